The Morgan fingerprint density at radius 2 is 1.74 bits per heavy atom. The Morgan fingerprint density at radius 1 is 1.06 bits per heavy atom. The second kappa shape index (κ2) is 13.5. The summed E-state index contributed by atoms with van der Waals surface area (Å²) >= 11 is 5.77. The van der Waals surface area contributed by atoms with Gasteiger partial charge in [0.1, 0.15) is 0 Å². The topological polar surface area (TPSA) is 132 Å². The van der Waals surface area contributed by atoms with Crippen LogP contribution in [0.2, 0.25) is 5.02 Å². The molecule has 1 amide bonds. The van der Waals surface area contributed by atoms with E-state index >= 15 is 0 Å². The van der Waals surface area contributed by atoms with Gasteiger partial charge in [-0.25, -0.2) is 14.2 Å². The summed E-state index contributed by atoms with van der Waals surface area (Å²) < 4.78 is 90.4. The number of benzene rings is 1. The van der Waals surface area contributed by atoms with Gasteiger partial charge in [-0.15, -0.1) is 0 Å². The van der Waals surface area contributed by atoms with Crippen molar-refractivity contribution in [3.8, 4) is 22.5 Å². The summed E-state index contributed by atoms with van der Waals surface area (Å²) in [6.07, 6.45) is -4.36. The number of halogens is 8. The van der Waals surface area contributed by atoms with Gasteiger partial charge in [-0.2, -0.15) is 31.4 Å². The minimum absolute atomic E-state index is 0.173. The van der Waals surface area contributed by atoms with Gasteiger partial charge in [0.2, 0.25) is 5.91 Å². The number of carbonyl (C=O) groups excluding carboxylic acids is 1. The molecule has 0 radical (unpaired) electrons. The first-order valence-corrected chi connectivity index (χ1v) is 14.0. The molecule has 10 nitrogen and oxygen atoms in total. The molecule has 4 aromatic rings. The molecule has 5 rings (SSSR count). The summed E-state index contributed by atoms with van der Waals surface area (Å²) in [6, 6.07) is 5.17. The molecule has 0 saturated carbocycles. The SMILES string of the molecule is C[C@@H]1CCC[C@H](n2cnc(-c3c(C(F)(F)F)ccc(Cl)c3F)cc2=O)c2cc(ccn2)-c2c(cnn2C)NC1=O.O=C(O)C(F)(F)F. The molecular weight excluding hydrogens is 665 g/mol. The Balaban J connectivity index is 0.000000644. The molecule has 0 aliphatic carbocycles. The number of hydrogen-bond acceptors (Lipinski definition) is 6. The number of pyridine rings is 1. The summed E-state index contributed by atoms with van der Waals surface area (Å²) in [5.41, 5.74) is -1.02. The molecule has 1 aromatic carbocycles. The van der Waals surface area contributed by atoms with Gasteiger partial charge in [-0.1, -0.05) is 24.9 Å². The Labute approximate surface area is 265 Å². The van der Waals surface area contributed by atoms with Gasteiger partial charge in [0.15, 0.2) is 5.82 Å². The van der Waals surface area contributed by atoms with Crippen molar-refractivity contribution in [2.45, 2.75) is 44.6 Å². The van der Waals surface area contributed by atoms with Crippen LogP contribution < -0.4 is 10.9 Å². The summed E-state index contributed by atoms with van der Waals surface area (Å²) in [6.45, 7) is 1.80. The van der Waals surface area contributed by atoms with Crippen LogP contribution in [0.5, 0.6) is 0 Å². The van der Waals surface area contributed by atoms with Crippen LogP contribution in [0, 0.1) is 11.7 Å². The smallest absolute Gasteiger partial charge is 0.475 e. The van der Waals surface area contributed by atoms with Crippen LogP contribution >= 0.6 is 11.6 Å². The lowest BCUT2D eigenvalue weighted by atomic mass is 9.97. The zero-order valence-electron chi connectivity index (χ0n) is 24.3. The molecular formula is C29H24ClF7N6O4. The third-order valence-electron chi connectivity index (χ3n) is 7.23. The maximum atomic E-state index is 14.8. The van der Waals surface area contributed by atoms with E-state index in [9.17, 15) is 40.3 Å². The standard InChI is InChI=1S/C27H23ClF4N6O2.C2HF3O2/c1-14-4-3-5-21(18-10-15(8-9-33-18)25-20(36-26(14)40)12-35-37(25)2)38-13-34-19(11-22(38)39)23-16(27(30,31)32)6-7-17(28)24(23)29;3-2(4,5)1(6)7/h6-14,21H,3-5H2,1-2H3,(H,36,40);(H,6,7)/t14-,21+;/m1./s1. The van der Waals surface area contributed by atoms with Crippen LogP contribution in [-0.4, -0.2) is 47.5 Å². The van der Waals surface area contributed by atoms with Gasteiger partial charge >= 0.3 is 18.3 Å². The Kier molecular flexibility index (Phi) is 10.1. The minimum atomic E-state index is -5.08. The van der Waals surface area contributed by atoms with E-state index < -0.39 is 57.6 Å². The first-order valence-electron chi connectivity index (χ1n) is 13.6. The quantitative estimate of drug-likeness (QED) is 0.230. The highest BCUT2D eigenvalue weighted by molar-refractivity contribution is 6.31. The van der Waals surface area contributed by atoms with Crippen molar-refractivity contribution in [3.63, 3.8) is 0 Å². The van der Waals surface area contributed by atoms with E-state index in [-0.39, 0.29) is 11.8 Å². The normalized spacial score (nSPS) is 16.9. The highest BCUT2D eigenvalue weighted by atomic mass is 35.5. The van der Waals surface area contributed by atoms with Crippen LogP contribution in [0.3, 0.4) is 0 Å². The molecule has 2 bridgehead atoms. The molecule has 47 heavy (non-hydrogen) atoms. The second-order valence-electron chi connectivity index (χ2n) is 10.4. The number of alkyl halides is 6. The van der Waals surface area contributed by atoms with Crippen molar-refractivity contribution < 1.29 is 45.4 Å². The number of carbonyl (C=O) groups is 2. The molecule has 1 aliphatic heterocycles. The van der Waals surface area contributed by atoms with E-state index in [1.54, 1.807) is 43.2 Å². The van der Waals surface area contributed by atoms with E-state index in [2.05, 4.69) is 20.4 Å². The summed E-state index contributed by atoms with van der Waals surface area (Å²) in [4.78, 5) is 43.6. The average molecular weight is 689 g/mol. The highest BCUT2D eigenvalue weighted by Gasteiger charge is 2.38. The fourth-order valence-electron chi connectivity index (χ4n) is 4.90. The van der Waals surface area contributed by atoms with Crippen LogP contribution in [0.1, 0.15) is 43.5 Å². The maximum Gasteiger partial charge on any atom is 0.490 e. The Hall–Kier alpha value is -4.80. The van der Waals surface area contributed by atoms with Crippen molar-refractivity contribution in [2.75, 3.05) is 5.32 Å². The average Bonchev–Trinajstić information content (AvgIpc) is 3.35. The molecule has 1 aliphatic rings. The molecule has 18 heteroatoms. The number of aromatic nitrogens is 5. The van der Waals surface area contributed by atoms with Gasteiger partial charge in [0.25, 0.3) is 5.56 Å². The first kappa shape index (κ1) is 35.1. The van der Waals surface area contributed by atoms with Gasteiger partial charge in [0.05, 0.1) is 51.9 Å². The zero-order chi connectivity index (χ0) is 34.8. The van der Waals surface area contributed by atoms with Gasteiger partial charge in [0, 0.05) is 36.4 Å². The number of aryl methyl sites for hydroxylation is 1. The van der Waals surface area contributed by atoms with E-state index in [0.29, 0.717) is 48.0 Å². The van der Waals surface area contributed by atoms with Crippen molar-refractivity contribution in [2.24, 2.45) is 13.0 Å². The van der Waals surface area contributed by atoms with Crippen molar-refractivity contribution in [1.29, 1.82) is 0 Å². The summed E-state index contributed by atoms with van der Waals surface area (Å²) in [7, 11) is 1.73. The summed E-state index contributed by atoms with van der Waals surface area (Å²) in [5, 5.41) is 13.8. The molecule has 0 saturated heterocycles. The van der Waals surface area contributed by atoms with Crippen molar-refractivity contribution in [1.82, 2.24) is 24.3 Å². The lowest BCUT2D eigenvalue weighted by molar-refractivity contribution is -0.192. The number of rotatable bonds is 2. The molecule has 2 atom stereocenters. The van der Waals surface area contributed by atoms with E-state index in [4.69, 9.17) is 21.5 Å². The fourth-order valence-corrected chi connectivity index (χ4v) is 5.06. The van der Waals surface area contributed by atoms with E-state index in [0.717, 1.165) is 18.5 Å². The number of carboxylic acid groups (broad SMARTS) is 1. The van der Waals surface area contributed by atoms with E-state index in [1.807, 2.05) is 0 Å². The zero-order valence-corrected chi connectivity index (χ0v) is 25.1. The number of anilines is 1. The lowest BCUT2D eigenvalue weighted by Crippen LogP contribution is -2.27. The lowest BCUT2D eigenvalue weighted by Gasteiger charge is -2.22. The number of carboxylic acids is 1. The Morgan fingerprint density at radius 3 is 2.36 bits per heavy atom. The molecule has 0 spiro atoms. The maximum absolute atomic E-state index is 14.8. The van der Waals surface area contributed by atoms with Crippen LogP contribution in [0.25, 0.3) is 22.5 Å². The third kappa shape index (κ3) is 7.78. The third-order valence-corrected chi connectivity index (χ3v) is 7.52. The molecule has 4 heterocycles. The number of amides is 1. The fraction of sp³-hybridized carbons (Fsp3) is 0.310. The van der Waals surface area contributed by atoms with E-state index in [1.165, 1.54) is 4.57 Å². The summed E-state index contributed by atoms with van der Waals surface area (Å²) in [5.74, 6) is -4.59. The van der Waals surface area contributed by atoms with Crippen LogP contribution in [0.4, 0.5) is 36.4 Å². The predicted molar refractivity (Wildman–Crippen MR) is 154 cm³/mol. The predicted octanol–water partition coefficient (Wildman–Crippen LogP) is 6.50. The van der Waals surface area contributed by atoms with Crippen molar-refractivity contribution in [3.05, 3.63) is 81.5 Å². The number of nitrogens with zero attached hydrogens (tertiary/aromatic N) is 5. The van der Waals surface area contributed by atoms with Gasteiger partial charge in [-0.3, -0.25) is 23.8 Å². The molecule has 2 N–H and O–H groups in total. The monoisotopic (exact) mass is 688 g/mol. The molecule has 250 valence electrons. The van der Waals surface area contributed by atoms with Crippen LogP contribution in [0.15, 0.2) is 53.8 Å². The van der Waals surface area contributed by atoms with Gasteiger partial charge in [-0.05, 0) is 37.1 Å². The molecule has 3 aromatic heterocycles. The number of nitrogens with one attached hydrogen (secondary N) is 1. The minimum Gasteiger partial charge on any atom is -0.475 e. The number of fused-ring (bicyclic) bond motifs is 4. The highest BCUT2D eigenvalue weighted by Crippen LogP contribution is 2.40. The second-order valence-corrected chi connectivity index (χ2v) is 10.8. The van der Waals surface area contributed by atoms with Crippen molar-refractivity contribution >= 4 is 29.2 Å². The largest absolute Gasteiger partial charge is 0.490 e. The van der Waals surface area contributed by atoms with Gasteiger partial charge < -0.3 is 10.4 Å². The first-order chi connectivity index (χ1) is 21.9. The number of aliphatic carboxylic acids is 1. The number of hydrogen-bond donors (Lipinski definition) is 2. The molecule has 0 unspecified atom stereocenters. The molecule has 0 fully saturated rings. The Bertz CT molecular complexity index is 1870. The van der Waals surface area contributed by atoms with Crippen LogP contribution in [-0.2, 0) is 22.8 Å².